The Balaban J connectivity index is 4.04. The fraction of sp³-hybridized carbons (Fsp3) is 0.556. The minimum atomic E-state index is -0.869. The summed E-state index contributed by atoms with van der Waals surface area (Å²) in [5.41, 5.74) is 0. The molecule has 0 N–H and O–H groups in total. The molecule has 0 saturated heterocycles. The Bertz CT molecular complexity index is 217. The highest BCUT2D eigenvalue weighted by molar-refractivity contribution is 5.77. The summed E-state index contributed by atoms with van der Waals surface area (Å²) in [6.45, 7) is 4.30. The molecule has 0 bridgehead atoms. The molecule has 0 aromatic rings. The van der Waals surface area contributed by atoms with Crippen molar-refractivity contribution in [2.75, 3.05) is 13.2 Å². The van der Waals surface area contributed by atoms with E-state index in [1.807, 2.05) is 6.92 Å². The Morgan fingerprint density at radius 2 is 2.23 bits per heavy atom. The zero-order valence-corrected chi connectivity index (χ0v) is 7.82. The highest BCUT2D eigenvalue weighted by Crippen LogP contribution is 2.00. The molecule has 0 saturated carbocycles. The lowest BCUT2D eigenvalue weighted by Crippen LogP contribution is -2.13. The SMILES string of the molecule is CCOC=CC(C#N)C(=O)OCC. The molecule has 0 radical (unpaired) electrons. The van der Waals surface area contributed by atoms with E-state index < -0.39 is 11.9 Å². The molecule has 13 heavy (non-hydrogen) atoms. The predicted octanol–water partition coefficient (Wildman–Crippen LogP) is 1.24. The lowest BCUT2D eigenvalue weighted by Gasteiger charge is -2.02. The normalized spacial score (nSPS) is 12.1. The molecule has 4 nitrogen and oxygen atoms in total. The Kier molecular flexibility index (Phi) is 6.34. The van der Waals surface area contributed by atoms with E-state index in [4.69, 9.17) is 10.00 Å². The van der Waals surface area contributed by atoms with Crippen molar-refractivity contribution in [3.63, 3.8) is 0 Å². The molecular weight excluding hydrogens is 170 g/mol. The molecule has 0 aromatic carbocycles. The van der Waals surface area contributed by atoms with Gasteiger partial charge in [-0.1, -0.05) is 0 Å². The first-order valence-electron chi connectivity index (χ1n) is 4.10. The Hall–Kier alpha value is -1.50. The van der Waals surface area contributed by atoms with Crippen LogP contribution in [0.2, 0.25) is 0 Å². The summed E-state index contributed by atoms with van der Waals surface area (Å²) in [4.78, 5) is 11.0. The van der Waals surface area contributed by atoms with Crippen LogP contribution in [0.4, 0.5) is 0 Å². The number of nitriles is 1. The topological polar surface area (TPSA) is 59.3 Å². The second-order valence-electron chi connectivity index (χ2n) is 2.14. The number of esters is 1. The van der Waals surface area contributed by atoms with Gasteiger partial charge in [0.25, 0.3) is 0 Å². The molecule has 1 atom stereocenters. The fourth-order valence-corrected chi connectivity index (χ4v) is 0.637. The lowest BCUT2D eigenvalue weighted by atomic mass is 10.2. The maximum Gasteiger partial charge on any atom is 0.327 e. The van der Waals surface area contributed by atoms with E-state index in [9.17, 15) is 4.79 Å². The van der Waals surface area contributed by atoms with Crippen molar-refractivity contribution in [2.45, 2.75) is 13.8 Å². The third-order valence-corrected chi connectivity index (χ3v) is 1.21. The molecule has 0 aliphatic heterocycles. The molecule has 0 spiro atoms. The van der Waals surface area contributed by atoms with Gasteiger partial charge in [-0.3, -0.25) is 4.79 Å². The molecule has 0 aliphatic carbocycles. The van der Waals surface area contributed by atoms with Gasteiger partial charge in [0, 0.05) is 0 Å². The zero-order chi connectivity index (χ0) is 10.1. The minimum absolute atomic E-state index is 0.277. The molecule has 72 valence electrons. The first kappa shape index (κ1) is 11.5. The van der Waals surface area contributed by atoms with Crippen molar-refractivity contribution < 1.29 is 14.3 Å². The second kappa shape index (κ2) is 7.17. The van der Waals surface area contributed by atoms with Crippen LogP contribution in [-0.4, -0.2) is 19.2 Å². The molecule has 0 rings (SSSR count). The van der Waals surface area contributed by atoms with Crippen LogP contribution in [0.3, 0.4) is 0 Å². The molecule has 0 amide bonds. The third kappa shape index (κ3) is 4.86. The van der Waals surface area contributed by atoms with Crippen LogP contribution < -0.4 is 0 Å². The second-order valence-corrected chi connectivity index (χ2v) is 2.14. The van der Waals surface area contributed by atoms with Crippen molar-refractivity contribution in [1.82, 2.24) is 0 Å². The largest absolute Gasteiger partial charge is 0.502 e. The number of carbonyl (C=O) groups excluding carboxylic acids is 1. The molecule has 0 fully saturated rings. The summed E-state index contributed by atoms with van der Waals surface area (Å²) in [6.07, 6.45) is 2.71. The van der Waals surface area contributed by atoms with E-state index in [0.717, 1.165) is 0 Å². The van der Waals surface area contributed by atoms with Crippen LogP contribution >= 0.6 is 0 Å². The predicted molar refractivity (Wildman–Crippen MR) is 46.5 cm³/mol. The van der Waals surface area contributed by atoms with Crippen LogP contribution in [0.15, 0.2) is 12.3 Å². The number of carbonyl (C=O) groups is 1. The minimum Gasteiger partial charge on any atom is -0.502 e. The summed E-state index contributed by atoms with van der Waals surface area (Å²) in [6, 6.07) is 1.80. The molecule has 0 aromatic heterocycles. The van der Waals surface area contributed by atoms with Gasteiger partial charge in [-0.15, -0.1) is 0 Å². The average molecular weight is 183 g/mol. The Morgan fingerprint density at radius 1 is 1.54 bits per heavy atom. The highest BCUT2D eigenvalue weighted by atomic mass is 16.5. The summed E-state index contributed by atoms with van der Waals surface area (Å²) in [5.74, 6) is -1.41. The van der Waals surface area contributed by atoms with Gasteiger partial charge in [0.05, 0.1) is 25.5 Å². The summed E-state index contributed by atoms with van der Waals surface area (Å²) in [7, 11) is 0. The van der Waals surface area contributed by atoms with E-state index in [1.165, 1.54) is 12.3 Å². The summed E-state index contributed by atoms with van der Waals surface area (Å²) >= 11 is 0. The molecule has 1 unspecified atom stereocenters. The van der Waals surface area contributed by atoms with Crippen LogP contribution in [0.1, 0.15) is 13.8 Å². The zero-order valence-electron chi connectivity index (χ0n) is 7.82. The van der Waals surface area contributed by atoms with E-state index in [-0.39, 0.29) is 6.61 Å². The number of hydrogen-bond acceptors (Lipinski definition) is 4. The van der Waals surface area contributed by atoms with Crippen LogP contribution in [-0.2, 0) is 14.3 Å². The maximum absolute atomic E-state index is 11.0. The molecule has 4 heteroatoms. The maximum atomic E-state index is 11.0. The average Bonchev–Trinajstić information content (AvgIpc) is 2.13. The Morgan fingerprint density at radius 3 is 2.69 bits per heavy atom. The fourth-order valence-electron chi connectivity index (χ4n) is 0.637. The van der Waals surface area contributed by atoms with Crippen molar-refractivity contribution in [2.24, 2.45) is 5.92 Å². The van der Waals surface area contributed by atoms with Gasteiger partial charge in [-0.2, -0.15) is 5.26 Å². The smallest absolute Gasteiger partial charge is 0.327 e. The van der Waals surface area contributed by atoms with Crippen LogP contribution in [0.5, 0.6) is 0 Å². The first-order valence-corrected chi connectivity index (χ1v) is 4.10. The van der Waals surface area contributed by atoms with E-state index in [2.05, 4.69) is 4.74 Å². The van der Waals surface area contributed by atoms with Crippen molar-refractivity contribution in [1.29, 1.82) is 5.26 Å². The van der Waals surface area contributed by atoms with Gasteiger partial charge in [0.2, 0.25) is 0 Å². The Labute approximate surface area is 77.8 Å². The monoisotopic (exact) mass is 183 g/mol. The van der Waals surface area contributed by atoms with Crippen molar-refractivity contribution >= 4 is 5.97 Å². The number of ether oxygens (including phenoxy) is 2. The van der Waals surface area contributed by atoms with Gasteiger partial charge in [0.15, 0.2) is 5.92 Å². The standard InChI is InChI=1S/C9H13NO3/c1-3-12-6-5-8(7-10)9(11)13-4-2/h5-6,8H,3-4H2,1-2H3. The summed E-state index contributed by atoms with van der Waals surface area (Å²) in [5, 5.41) is 8.56. The number of rotatable bonds is 5. The third-order valence-electron chi connectivity index (χ3n) is 1.21. The van der Waals surface area contributed by atoms with Crippen LogP contribution in [0, 0.1) is 17.2 Å². The van der Waals surface area contributed by atoms with Crippen molar-refractivity contribution in [3.05, 3.63) is 12.3 Å². The molecule has 0 aliphatic rings. The van der Waals surface area contributed by atoms with Gasteiger partial charge < -0.3 is 9.47 Å². The number of hydrogen-bond donors (Lipinski definition) is 0. The summed E-state index contributed by atoms with van der Waals surface area (Å²) < 4.78 is 9.51. The van der Waals surface area contributed by atoms with Crippen molar-refractivity contribution in [3.8, 4) is 6.07 Å². The van der Waals surface area contributed by atoms with E-state index >= 15 is 0 Å². The van der Waals surface area contributed by atoms with E-state index in [0.29, 0.717) is 6.61 Å². The first-order chi connectivity index (χ1) is 6.26. The van der Waals surface area contributed by atoms with Gasteiger partial charge in [-0.05, 0) is 19.9 Å². The van der Waals surface area contributed by atoms with Gasteiger partial charge in [0.1, 0.15) is 0 Å². The van der Waals surface area contributed by atoms with E-state index in [1.54, 1.807) is 13.0 Å². The quantitative estimate of drug-likeness (QED) is 0.475. The van der Waals surface area contributed by atoms with Crippen LogP contribution in [0.25, 0.3) is 0 Å². The number of nitrogens with zero attached hydrogens (tertiary/aromatic N) is 1. The highest BCUT2D eigenvalue weighted by Gasteiger charge is 2.14. The molecular formula is C9H13NO3. The van der Waals surface area contributed by atoms with Gasteiger partial charge >= 0.3 is 5.97 Å². The lowest BCUT2D eigenvalue weighted by molar-refractivity contribution is -0.144. The molecule has 0 heterocycles. The van der Waals surface area contributed by atoms with Gasteiger partial charge in [-0.25, -0.2) is 0 Å².